The molecule has 0 amide bonds. The van der Waals surface area contributed by atoms with Crippen LogP contribution in [0.2, 0.25) is 0 Å². The first-order valence-electron chi connectivity index (χ1n) is 7.20. The van der Waals surface area contributed by atoms with Crippen molar-refractivity contribution in [1.82, 2.24) is 5.32 Å². The highest BCUT2D eigenvalue weighted by Gasteiger charge is 2.11. The Hall–Kier alpha value is -2.07. The molecule has 0 heterocycles. The number of ether oxygens (including phenoxy) is 1. The van der Waals surface area contributed by atoms with Crippen molar-refractivity contribution in [2.24, 2.45) is 0 Å². The van der Waals surface area contributed by atoms with Gasteiger partial charge in [0.2, 0.25) is 0 Å². The minimum absolute atomic E-state index is 0.325. The van der Waals surface area contributed by atoms with Crippen LogP contribution in [0.15, 0.2) is 36.4 Å². The lowest BCUT2D eigenvalue weighted by Crippen LogP contribution is -2.25. The van der Waals surface area contributed by atoms with Gasteiger partial charge < -0.3 is 15.2 Å². The summed E-state index contributed by atoms with van der Waals surface area (Å²) < 4.78 is 5.43. The molecule has 1 unspecified atom stereocenters. The van der Waals surface area contributed by atoms with E-state index in [1.807, 2.05) is 36.4 Å². The standard InChI is InChI=1S/C17H21NO3/c1-3-12(2)18-10-15-14-7-5-4-6-13(14)8-9-16(15)21-11-17(19)20/h4-9,12,18H,3,10-11H2,1-2H3,(H,19,20). The molecule has 21 heavy (non-hydrogen) atoms. The number of rotatable bonds is 7. The van der Waals surface area contributed by atoms with Crippen molar-refractivity contribution in [3.8, 4) is 5.75 Å². The summed E-state index contributed by atoms with van der Waals surface area (Å²) in [7, 11) is 0. The number of carbonyl (C=O) groups is 1. The van der Waals surface area contributed by atoms with Crippen LogP contribution in [0, 0.1) is 0 Å². The summed E-state index contributed by atoms with van der Waals surface area (Å²) in [5.41, 5.74) is 1.01. The van der Waals surface area contributed by atoms with E-state index in [0.29, 0.717) is 18.3 Å². The van der Waals surface area contributed by atoms with Crippen LogP contribution < -0.4 is 10.1 Å². The summed E-state index contributed by atoms with van der Waals surface area (Å²) in [6, 6.07) is 12.3. The fraction of sp³-hybridized carbons (Fsp3) is 0.353. The van der Waals surface area contributed by atoms with Crippen molar-refractivity contribution in [3.63, 3.8) is 0 Å². The quantitative estimate of drug-likeness (QED) is 0.821. The predicted molar refractivity (Wildman–Crippen MR) is 83.7 cm³/mol. The Morgan fingerprint density at radius 3 is 2.76 bits per heavy atom. The first-order chi connectivity index (χ1) is 10.1. The van der Waals surface area contributed by atoms with Crippen molar-refractivity contribution >= 4 is 16.7 Å². The molecule has 0 radical (unpaired) electrons. The van der Waals surface area contributed by atoms with Crippen LogP contribution in [-0.2, 0) is 11.3 Å². The summed E-state index contributed by atoms with van der Waals surface area (Å²) in [6.07, 6.45) is 1.04. The van der Waals surface area contributed by atoms with E-state index in [4.69, 9.17) is 9.84 Å². The molecular formula is C17H21NO3. The molecule has 0 saturated carbocycles. The molecule has 0 aliphatic rings. The van der Waals surface area contributed by atoms with Crippen LogP contribution in [0.25, 0.3) is 10.8 Å². The molecule has 0 aliphatic carbocycles. The first-order valence-corrected chi connectivity index (χ1v) is 7.20. The van der Waals surface area contributed by atoms with Gasteiger partial charge in [0.05, 0.1) is 0 Å². The molecule has 4 heteroatoms. The van der Waals surface area contributed by atoms with Gasteiger partial charge >= 0.3 is 5.97 Å². The predicted octanol–water partition coefficient (Wildman–Crippen LogP) is 3.19. The number of carboxylic acids is 1. The van der Waals surface area contributed by atoms with Gasteiger partial charge in [-0.2, -0.15) is 0 Å². The van der Waals surface area contributed by atoms with Crippen LogP contribution in [0.1, 0.15) is 25.8 Å². The van der Waals surface area contributed by atoms with Gasteiger partial charge in [0.1, 0.15) is 5.75 Å². The smallest absolute Gasteiger partial charge is 0.341 e. The minimum atomic E-state index is -0.969. The van der Waals surface area contributed by atoms with Crippen molar-refractivity contribution in [3.05, 3.63) is 42.0 Å². The SMILES string of the molecule is CCC(C)NCc1c(OCC(=O)O)ccc2ccccc12. The number of fused-ring (bicyclic) bond motifs is 1. The van der Waals surface area contributed by atoms with Gasteiger partial charge in [-0.3, -0.25) is 0 Å². The van der Waals surface area contributed by atoms with E-state index in [2.05, 4.69) is 19.2 Å². The van der Waals surface area contributed by atoms with Gasteiger partial charge in [0.25, 0.3) is 0 Å². The second-order valence-corrected chi connectivity index (χ2v) is 5.14. The Kier molecular flexibility index (Phi) is 5.17. The summed E-state index contributed by atoms with van der Waals surface area (Å²) in [5, 5.41) is 14.5. The van der Waals surface area contributed by atoms with Gasteiger partial charge in [-0.25, -0.2) is 4.79 Å². The molecule has 2 rings (SSSR count). The van der Waals surface area contributed by atoms with E-state index in [1.54, 1.807) is 0 Å². The lowest BCUT2D eigenvalue weighted by atomic mass is 10.0. The zero-order valence-electron chi connectivity index (χ0n) is 12.4. The Balaban J connectivity index is 2.34. The molecule has 1 atom stereocenters. The van der Waals surface area contributed by atoms with Crippen molar-refractivity contribution in [2.45, 2.75) is 32.9 Å². The van der Waals surface area contributed by atoms with E-state index in [0.717, 1.165) is 22.8 Å². The molecular weight excluding hydrogens is 266 g/mol. The van der Waals surface area contributed by atoms with Gasteiger partial charge in [-0.15, -0.1) is 0 Å². The minimum Gasteiger partial charge on any atom is -0.482 e. The first kappa shape index (κ1) is 15.3. The molecule has 0 saturated heterocycles. The number of benzene rings is 2. The number of hydrogen-bond donors (Lipinski definition) is 2. The Bertz CT molecular complexity index is 624. The zero-order valence-corrected chi connectivity index (χ0v) is 12.4. The third-order valence-corrected chi connectivity index (χ3v) is 3.59. The molecule has 0 aromatic heterocycles. The maximum atomic E-state index is 10.7. The highest BCUT2D eigenvalue weighted by atomic mass is 16.5. The van der Waals surface area contributed by atoms with Crippen LogP contribution >= 0.6 is 0 Å². The summed E-state index contributed by atoms with van der Waals surface area (Å²) >= 11 is 0. The molecule has 2 aromatic rings. The van der Waals surface area contributed by atoms with E-state index < -0.39 is 5.97 Å². The Morgan fingerprint density at radius 1 is 1.29 bits per heavy atom. The molecule has 4 nitrogen and oxygen atoms in total. The third-order valence-electron chi connectivity index (χ3n) is 3.59. The molecule has 2 aromatic carbocycles. The molecule has 0 aliphatic heterocycles. The van der Waals surface area contributed by atoms with Gasteiger partial charge in [0, 0.05) is 18.2 Å². The Morgan fingerprint density at radius 2 is 2.05 bits per heavy atom. The number of nitrogens with one attached hydrogen (secondary N) is 1. The molecule has 2 N–H and O–H groups in total. The normalized spacial score (nSPS) is 12.3. The van der Waals surface area contributed by atoms with Crippen molar-refractivity contribution < 1.29 is 14.6 Å². The second kappa shape index (κ2) is 7.09. The van der Waals surface area contributed by atoms with Crippen molar-refractivity contribution in [2.75, 3.05) is 6.61 Å². The fourth-order valence-electron chi connectivity index (χ4n) is 2.19. The molecule has 0 spiro atoms. The average molecular weight is 287 g/mol. The number of carboxylic acid groups (broad SMARTS) is 1. The monoisotopic (exact) mass is 287 g/mol. The van der Waals surface area contributed by atoms with Crippen LogP contribution in [0.4, 0.5) is 0 Å². The Labute approximate surface area is 124 Å². The van der Waals surface area contributed by atoms with E-state index >= 15 is 0 Å². The van der Waals surface area contributed by atoms with Gasteiger partial charge in [-0.1, -0.05) is 37.3 Å². The number of aliphatic carboxylic acids is 1. The highest BCUT2D eigenvalue weighted by molar-refractivity contribution is 5.87. The van der Waals surface area contributed by atoms with Gasteiger partial charge in [-0.05, 0) is 30.2 Å². The summed E-state index contributed by atoms with van der Waals surface area (Å²) in [5.74, 6) is -0.337. The van der Waals surface area contributed by atoms with Gasteiger partial charge in [0.15, 0.2) is 6.61 Å². The maximum absolute atomic E-state index is 10.7. The largest absolute Gasteiger partial charge is 0.482 e. The van der Waals surface area contributed by atoms with Crippen LogP contribution in [0.3, 0.4) is 0 Å². The molecule has 0 fully saturated rings. The fourth-order valence-corrected chi connectivity index (χ4v) is 2.19. The maximum Gasteiger partial charge on any atom is 0.341 e. The third kappa shape index (κ3) is 3.95. The van der Waals surface area contributed by atoms with E-state index in [9.17, 15) is 4.79 Å². The zero-order chi connectivity index (χ0) is 15.2. The highest BCUT2D eigenvalue weighted by Crippen LogP contribution is 2.28. The number of hydrogen-bond acceptors (Lipinski definition) is 3. The van der Waals surface area contributed by atoms with Crippen molar-refractivity contribution in [1.29, 1.82) is 0 Å². The van der Waals surface area contributed by atoms with E-state index in [1.165, 1.54) is 0 Å². The summed E-state index contributed by atoms with van der Waals surface area (Å²) in [6.45, 7) is 4.59. The average Bonchev–Trinajstić information content (AvgIpc) is 2.50. The lowest BCUT2D eigenvalue weighted by molar-refractivity contribution is -0.139. The second-order valence-electron chi connectivity index (χ2n) is 5.14. The van der Waals surface area contributed by atoms with Crippen LogP contribution in [-0.4, -0.2) is 23.7 Å². The molecule has 112 valence electrons. The topological polar surface area (TPSA) is 58.6 Å². The molecule has 0 bridgehead atoms. The lowest BCUT2D eigenvalue weighted by Gasteiger charge is -2.16. The van der Waals surface area contributed by atoms with E-state index in [-0.39, 0.29) is 6.61 Å². The summed E-state index contributed by atoms with van der Waals surface area (Å²) in [4.78, 5) is 10.7. The van der Waals surface area contributed by atoms with Crippen LogP contribution in [0.5, 0.6) is 5.75 Å².